The van der Waals surface area contributed by atoms with E-state index in [-0.39, 0.29) is 18.1 Å². The lowest BCUT2D eigenvalue weighted by Gasteiger charge is -2.29. The van der Waals surface area contributed by atoms with Gasteiger partial charge in [0.25, 0.3) is 0 Å². The molecule has 0 aliphatic rings. The highest BCUT2D eigenvalue weighted by Crippen LogP contribution is 2.04. The van der Waals surface area contributed by atoms with Crippen LogP contribution < -0.4 is 5.32 Å². The molecule has 0 atom stereocenters. The quantitative estimate of drug-likeness (QED) is 0.597. The van der Waals surface area contributed by atoms with Crippen molar-refractivity contribution >= 4 is 6.03 Å². The number of nitrogens with zero attached hydrogens (tertiary/aromatic N) is 2. The predicted molar refractivity (Wildman–Crippen MR) is 45.6 cm³/mol. The number of hydrogen-bond donors (Lipinski definition) is 0. The third-order valence-electron chi connectivity index (χ3n) is 1.52. The van der Waals surface area contributed by atoms with Crippen LogP contribution in [0.3, 0.4) is 0 Å². The fourth-order valence-corrected chi connectivity index (χ4v) is 1.15. The molecule has 0 spiro atoms. The second kappa shape index (κ2) is 4.21. The van der Waals surface area contributed by atoms with Crippen LogP contribution in [-0.2, 0) is 0 Å². The Morgan fingerprint density at radius 2 is 1.55 bits per heavy atom. The van der Waals surface area contributed by atoms with Gasteiger partial charge in [-0.1, -0.05) is 0 Å². The molecule has 0 aromatic rings. The lowest BCUT2D eigenvalue weighted by Crippen LogP contribution is -2.44. The van der Waals surface area contributed by atoms with Crippen molar-refractivity contribution in [3.63, 3.8) is 0 Å². The van der Waals surface area contributed by atoms with E-state index in [9.17, 15) is 4.79 Å². The first-order valence-electron chi connectivity index (χ1n) is 3.92. The molecule has 3 nitrogen and oxygen atoms in total. The van der Waals surface area contributed by atoms with E-state index in [2.05, 4.69) is 5.32 Å². The first kappa shape index (κ1) is 10.3. The summed E-state index contributed by atoms with van der Waals surface area (Å²) in [7, 11) is 1.53. The van der Waals surface area contributed by atoms with Gasteiger partial charge in [0.2, 0.25) is 0 Å². The molecule has 0 aliphatic heterocycles. The molecule has 0 unspecified atom stereocenters. The number of rotatable bonds is 2. The van der Waals surface area contributed by atoms with Gasteiger partial charge < -0.3 is 4.90 Å². The summed E-state index contributed by atoms with van der Waals surface area (Å²) in [5, 5.41) is 3.62. The van der Waals surface area contributed by atoms with E-state index in [1.807, 2.05) is 27.7 Å². The van der Waals surface area contributed by atoms with E-state index in [0.717, 1.165) is 0 Å². The largest absolute Gasteiger partial charge is 0.339 e. The highest BCUT2D eigenvalue weighted by Gasteiger charge is 2.18. The van der Waals surface area contributed by atoms with Gasteiger partial charge in [-0.3, -0.25) is 0 Å². The predicted octanol–water partition coefficient (Wildman–Crippen LogP) is 1.46. The van der Waals surface area contributed by atoms with Crippen molar-refractivity contribution in [2.45, 2.75) is 39.8 Å². The van der Waals surface area contributed by atoms with Gasteiger partial charge in [-0.2, -0.15) is 0 Å². The minimum Gasteiger partial charge on any atom is -0.318 e. The Morgan fingerprint density at radius 3 is 1.64 bits per heavy atom. The van der Waals surface area contributed by atoms with Gasteiger partial charge in [0.1, 0.15) is 0 Å². The maximum Gasteiger partial charge on any atom is 0.339 e. The average molecular weight is 157 g/mol. The Labute approximate surface area is 68.8 Å². The molecule has 0 fully saturated rings. The number of urea groups is 1. The van der Waals surface area contributed by atoms with Crippen molar-refractivity contribution < 1.29 is 4.79 Å². The maximum atomic E-state index is 11.2. The smallest absolute Gasteiger partial charge is 0.318 e. The number of carbonyl (C=O) groups is 1. The summed E-state index contributed by atoms with van der Waals surface area (Å²) in [6, 6.07) is 0.326. The van der Waals surface area contributed by atoms with Crippen molar-refractivity contribution in [1.82, 2.24) is 10.2 Å². The van der Waals surface area contributed by atoms with Crippen molar-refractivity contribution in [3.8, 4) is 0 Å². The van der Waals surface area contributed by atoms with E-state index in [4.69, 9.17) is 0 Å². The molecule has 0 rings (SSSR count). The SMILES string of the molecule is C[N]C(=O)N(C(C)C)C(C)C. The highest BCUT2D eigenvalue weighted by atomic mass is 16.2. The highest BCUT2D eigenvalue weighted by molar-refractivity contribution is 5.74. The van der Waals surface area contributed by atoms with Gasteiger partial charge in [0.15, 0.2) is 0 Å². The fourth-order valence-electron chi connectivity index (χ4n) is 1.15. The van der Waals surface area contributed by atoms with Gasteiger partial charge in [0.05, 0.1) is 0 Å². The molecular formula is C8H17N2O. The maximum absolute atomic E-state index is 11.2. The van der Waals surface area contributed by atoms with Gasteiger partial charge in [-0.15, -0.1) is 0 Å². The summed E-state index contributed by atoms with van der Waals surface area (Å²) in [6.45, 7) is 7.96. The minimum absolute atomic E-state index is 0.130. The van der Waals surface area contributed by atoms with Crippen molar-refractivity contribution in [2.75, 3.05) is 7.05 Å². The van der Waals surface area contributed by atoms with Crippen LogP contribution in [0.4, 0.5) is 4.79 Å². The van der Waals surface area contributed by atoms with Crippen LogP contribution in [0.1, 0.15) is 27.7 Å². The molecule has 11 heavy (non-hydrogen) atoms. The fraction of sp³-hybridized carbons (Fsp3) is 0.875. The Hall–Kier alpha value is -0.730. The number of amides is 2. The normalized spacial score (nSPS) is 10.5. The zero-order valence-corrected chi connectivity index (χ0v) is 7.96. The summed E-state index contributed by atoms with van der Waals surface area (Å²) in [6.07, 6.45) is 0. The molecular weight excluding hydrogens is 140 g/mol. The van der Waals surface area contributed by atoms with E-state index >= 15 is 0 Å². The van der Waals surface area contributed by atoms with Crippen LogP contribution >= 0.6 is 0 Å². The van der Waals surface area contributed by atoms with Gasteiger partial charge >= 0.3 is 6.03 Å². The Bertz CT molecular complexity index is 124. The van der Waals surface area contributed by atoms with Crippen LogP contribution in [0, 0.1) is 0 Å². The summed E-state index contributed by atoms with van der Waals surface area (Å²) in [5.74, 6) is 0. The molecule has 0 saturated heterocycles. The van der Waals surface area contributed by atoms with E-state index < -0.39 is 0 Å². The Balaban J connectivity index is 4.22. The van der Waals surface area contributed by atoms with Gasteiger partial charge in [-0.05, 0) is 27.7 Å². The van der Waals surface area contributed by atoms with Crippen LogP contribution in [0.2, 0.25) is 0 Å². The minimum atomic E-state index is -0.130. The summed E-state index contributed by atoms with van der Waals surface area (Å²) < 4.78 is 0. The topological polar surface area (TPSA) is 34.4 Å². The summed E-state index contributed by atoms with van der Waals surface area (Å²) in [5.41, 5.74) is 0. The molecule has 0 saturated carbocycles. The molecule has 0 aromatic carbocycles. The van der Waals surface area contributed by atoms with Crippen LogP contribution in [0.15, 0.2) is 0 Å². The molecule has 0 aliphatic carbocycles. The van der Waals surface area contributed by atoms with Crippen molar-refractivity contribution in [1.29, 1.82) is 0 Å². The molecule has 0 bridgehead atoms. The lowest BCUT2D eigenvalue weighted by atomic mass is 10.2. The van der Waals surface area contributed by atoms with E-state index in [1.54, 1.807) is 4.90 Å². The molecule has 65 valence electrons. The van der Waals surface area contributed by atoms with Crippen molar-refractivity contribution in [3.05, 3.63) is 0 Å². The summed E-state index contributed by atoms with van der Waals surface area (Å²) in [4.78, 5) is 12.9. The van der Waals surface area contributed by atoms with Crippen LogP contribution in [0.5, 0.6) is 0 Å². The second-order valence-electron chi connectivity index (χ2n) is 3.10. The molecule has 3 heteroatoms. The molecule has 2 amide bonds. The van der Waals surface area contributed by atoms with E-state index in [1.165, 1.54) is 7.05 Å². The average Bonchev–Trinajstić information content (AvgIpc) is 1.85. The van der Waals surface area contributed by atoms with Crippen LogP contribution in [0.25, 0.3) is 0 Å². The first-order valence-corrected chi connectivity index (χ1v) is 3.92. The number of carbonyl (C=O) groups excluding carboxylic acids is 1. The Morgan fingerprint density at radius 1 is 1.18 bits per heavy atom. The summed E-state index contributed by atoms with van der Waals surface area (Å²) >= 11 is 0. The standard InChI is InChI=1S/C8H17N2O/c1-6(2)10(7(3)4)8(11)9-5/h6-7H,1-5H3. The molecule has 1 radical (unpaired) electrons. The third-order valence-corrected chi connectivity index (χ3v) is 1.52. The van der Waals surface area contributed by atoms with Gasteiger partial charge in [-0.25, -0.2) is 10.1 Å². The van der Waals surface area contributed by atoms with Crippen LogP contribution in [-0.4, -0.2) is 30.1 Å². The first-order chi connectivity index (χ1) is 5.00. The zero-order valence-electron chi connectivity index (χ0n) is 7.96. The molecule has 0 N–H and O–H groups in total. The third kappa shape index (κ3) is 2.78. The Kier molecular flexibility index (Phi) is 3.93. The van der Waals surface area contributed by atoms with E-state index in [0.29, 0.717) is 0 Å². The number of hydrogen-bond acceptors (Lipinski definition) is 1. The zero-order chi connectivity index (χ0) is 9.02. The monoisotopic (exact) mass is 157 g/mol. The van der Waals surface area contributed by atoms with Crippen molar-refractivity contribution in [2.24, 2.45) is 0 Å². The second-order valence-corrected chi connectivity index (χ2v) is 3.10. The molecule has 0 heterocycles. The lowest BCUT2D eigenvalue weighted by molar-refractivity contribution is 0.166. The van der Waals surface area contributed by atoms with Gasteiger partial charge in [0, 0.05) is 19.1 Å². The molecule has 0 aromatic heterocycles.